The first-order valence-electron chi connectivity index (χ1n) is 10.0. The van der Waals surface area contributed by atoms with E-state index in [1.807, 2.05) is 4.90 Å². The lowest BCUT2D eigenvalue weighted by Gasteiger charge is -2.32. The molecular formula is C19H26ClN7O. The van der Waals surface area contributed by atoms with Crippen LogP contribution in [0.1, 0.15) is 67.8 Å². The minimum Gasteiger partial charge on any atom is -0.341 e. The number of carbonyl (C=O) groups is 1. The number of carbonyl (C=O) groups excluding carboxylic acids is 1. The molecule has 2 saturated heterocycles. The summed E-state index contributed by atoms with van der Waals surface area (Å²) in [5.74, 6) is 1.58. The Balaban J connectivity index is 1.54. The Labute approximate surface area is 169 Å². The summed E-state index contributed by atoms with van der Waals surface area (Å²) in [6.07, 6.45) is 7.48. The van der Waals surface area contributed by atoms with Gasteiger partial charge >= 0.3 is 0 Å². The summed E-state index contributed by atoms with van der Waals surface area (Å²) in [4.78, 5) is 26.0. The number of halogens is 1. The molecule has 0 aromatic carbocycles. The van der Waals surface area contributed by atoms with Gasteiger partial charge in [-0.15, -0.1) is 10.2 Å². The Hall–Kier alpha value is -2.22. The first-order chi connectivity index (χ1) is 13.5. The fourth-order valence-electron chi connectivity index (χ4n) is 4.04. The van der Waals surface area contributed by atoms with Crippen LogP contribution in [0.2, 0.25) is 5.02 Å². The predicted molar refractivity (Wildman–Crippen MR) is 107 cm³/mol. The maximum atomic E-state index is 13.2. The van der Waals surface area contributed by atoms with Gasteiger partial charge in [-0.25, -0.2) is 9.97 Å². The highest BCUT2D eigenvalue weighted by molar-refractivity contribution is 6.33. The lowest BCUT2D eigenvalue weighted by Crippen LogP contribution is -2.40. The van der Waals surface area contributed by atoms with Crippen molar-refractivity contribution in [3.8, 4) is 0 Å². The Kier molecular flexibility index (Phi) is 5.48. The van der Waals surface area contributed by atoms with Gasteiger partial charge in [0.2, 0.25) is 5.95 Å². The fourth-order valence-corrected chi connectivity index (χ4v) is 4.21. The number of nitrogens with zero attached hydrogens (tertiary/aromatic N) is 7. The molecule has 4 heterocycles. The zero-order chi connectivity index (χ0) is 19.7. The van der Waals surface area contributed by atoms with Crippen molar-refractivity contribution >= 4 is 23.5 Å². The molecule has 2 aromatic heterocycles. The molecule has 4 rings (SSSR count). The van der Waals surface area contributed by atoms with Crippen molar-refractivity contribution in [1.82, 2.24) is 29.6 Å². The van der Waals surface area contributed by atoms with Gasteiger partial charge < -0.3 is 14.4 Å². The molecule has 28 heavy (non-hydrogen) atoms. The van der Waals surface area contributed by atoms with Gasteiger partial charge in [0.05, 0.1) is 11.2 Å². The van der Waals surface area contributed by atoms with Crippen molar-refractivity contribution in [3.63, 3.8) is 0 Å². The number of likely N-dealkylation sites (tertiary alicyclic amines) is 1. The summed E-state index contributed by atoms with van der Waals surface area (Å²) in [5.41, 5.74) is 0.296. The van der Waals surface area contributed by atoms with E-state index in [0.29, 0.717) is 29.8 Å². The molecule has 9 heteroatoms. The smallest absolute Gasteiger partial charge is 0.274 e. The molecule has 1 amide bonds. The number of amides is 1. The van der Waals surface area contributed by atoms with Gasteiger partial charge in [0.1, 0.15) is 12.2 Å². The van der Waals surface area contributed by atoms with Crippen molar-refractivity contribution in [2.75, 3.05) is 31.1 Å². The zero-order valence-electron chi connectivity index (χ0n) is 16.4. The van der Waals surface area contributed by atoms with E-state index in [-0.39, 0.29) is 17.9 Å². The third kappa shape index (κ3) is 3.70. The normalized spacial score (nSPS) is 20.2. The molecule has 0 aliphatic carbocycles. The summed E-state index contributed by atoms with van der Waals surface area (Å²) in [6.45, 7) is 7.37. The molecule has 0 radical (unpaired) electrons. The topological polar surface area (TPSA) is 80.0 Å². The second-order valence-corrected chi connectivity index (χ2v) is 8.25. The number of rotatable bonds is 4. The molecule has 2 aliphatic rings. The minimum atomic E-state index is -0.131. The first kappa shape index (κ1) is 19.1. The van der Waals surface area contributed by atoms with Crippen molar-refractivity contribution in [2.24, 2.45) is 0 Å². The van der Waals surface area contributed by atoms with E-state index >= 15 is 0 Å². The van der Waals surface area contributed by atoms with Crippen LogP contribution in [0.5, 0.6) is 0 Å². The Morgan fingerprint density at radius 1 is 1.21 bits per heavy atom. The number of anilines is 1. The largest absolute Gasteiger partial charge is 0.341 e. The Bertz CT molecular complexity index is 847. The van der Waals surface area contributed by atoms with E-state index in [0.717, 1.165) is 44.6 Å². The van der Waals surface area contributed by atoms with Crippen molar-refractivity contribution in [3.05, 3.63) is 29.1 Å². The number of aromatic nitrogens is 5. The van der Waals surface area contributed by atoms with Gasteiger partial charge in [0.15, 0.2) is 5.69 Å². The molecule has 2 aliphatic heterocycles. The van der Waals surface area contributed by atoms with Gasteiger partial charge in [0.25, 0.3) is 5.91 Å². The molecule has 1 atom stereocenters. The first-order valence-corrected chi connectivity index (χ1v) is 10.4. The Morgan fingerprint density at radius 3 is 2.75 bits per heavy atom. The lowest BCUT2D eigenvalue weighted by atomic mass is 9.96. The van der Waals surface area contributed by atoms with Gasteiger partial charge in [-0.1, -0.05) is 11.6 Å². The summed E-state index contributed by atoms with van der Waals surface area (Å²) >= 11 is 6.30. The van der Waals surface area contributed by atoms with E-state index in [1.54, 1.807) is 12.5 Å². The van der Waals surface area contributed by atoms with Crippen LogP contribution < -0.4 is 4.90 Å². The van der Waals surface area contributed by atoms with Gasteiger partial charge in [-0.2, -0.15) is 0 Å². The summed E-state index contributed by atoms with van der Waals surface area (Å²) in [6, 6.07) is 0.287. The van der Waals surface area contributed by atoms with Crippen LogP contribution in [-0.4, -0.2) is 61.7 Å². The SMILES string of the molecule is CC(C)n1cnnc1C1CCCN(C(=O)c2nc(N3CCCC3)ncc2Cl)C1. The second kappa shape index (κ2) is 8.03. The molecule has 0 bridgehead atoms. The minimum absolute atomic E-state index is 0.131. The third-order valence-electron chi connectivity index (χ3n) is 5.55. The highest BCUT2D eigenvalue weighted by atomic mass is 35.5. The van der Waals surface area contributed by atoms with E-state index in [4.69, 9.17) is 11.6 Å². The number of hydrogen-bond acceptors (Lipinski definition) is 6. The summed E-state index contributed by atoms with van der Waals surface area (Å²) in [7, 11) is 0. The van der Waals surface area contributed by atoms with Crippen LogP contribution in [0.15, 0.2) is 12.5 Å². The fraction of sp³-hybridized carbons (Fsp3) is 0.632. The van der Waals surface area contributed by atoms with Crippen molar-refractivity contribution in [1.29, 1.82) is 0 Å². The van der Waals surface area contributed by atoms with Crippen LogP contribution in [0.3, 0.4) is 0 Å². The summed E-state index contributed by atoms with van der Waals surface area (Å²) < 4.78 is 2.09. The second-order valence-electron chi connectivity index (χ2n) is 7.84. The van der Waals surface area contributed by atoms with Gasteiger partial charge in [-0.05, 0) is 39.5 Å². The molecule has 0 saturated carbocycles. The highest BCUT2D eigenvalue weighted by Crippen LogP contribution is 2.29. The maximum absolute atomic E-state index is 13.2. The highest BCUT2D eigenvalue weighted by Gasteiger charge is 2.31. The van der Waals surface area contributed by atoms with Crippen LogP contribution >= 0.6 is 11.6 Å². The standard InChI is InChI=1S/C19H26ClN7O/c1-13(2)27-12-22-24-17(27)14-6-5-9-26(11-14)18(28)16-15(20)10-21-19(23-16)25-7-3-4-8-25/h10,12-14H,3-9,11H2,1-2H3. The summed E-state index contributed by atoms with van der Waals surface area (Å²) in [5, 5.41) is 8.71. The Morgan fingerprint density at radius 2 is 2.00 bits per heavy atom. The molecule has 1 unspecified atom stereocenters. The van der Waals surface area contributed by atoms with Crippen LogP contribution in [0.4, 0.5) is 5.95 Å². The van der Waals surface area contributed by atoms with Crippen molar-refractivity contribution in [2.45, 2.75) is 51.5 Å². The monoisotopic (exact) mass is 403 g/mol. The lowest BCUT2D eigenvalue weighted by molar-refractivity contribution is 0.0697. The number of hydrogen-bond donors (Lipinski definition) is 0. The van der Waals surface area contributed by atoms with Crippen LogP contribution in [0, 0.1) is 0 Å². The molecule has 0 N–H and O–H groups in total. The average molecular weight is 404 g/mol. The number of piperidine rings is 1. The van der Waals surface area contributed by atoms with Gasteiger partial charge in [-0.3, -0.25) is 4.79 Å². The third-order valence-corrected chi connectivity index (χ3v) is 5.83. The van der Waals surface area contributed by atoms with E-state index in [2.05, 4.69) is 43.5 Å². The van der Waals surface area contributed by atoms with Crippen LogP contribution in [0.25, 0.3) is 0 Å². The maximum Gasteiger partial charge on any atom is 0.274 e. The quantitative estimate of drug-likeness (QED) is 0.780. The van der Waals surface area contributed by atoms with Gasteiger partial charge in [0, 0.05) is 38.1 Å². The molecule has 150 valence electrons. The van der Waals surface area contributed by atoms with Crippen LogP contribution in [-0.2, 0) is 0 Å². The zero-order valence-corrected chi connectivity index (χ0v) is 17.1. The predicted octanol–water partition coefficient (Wildman–Crippen LogP) is 2.92. The van der Waals surface area contributed by atoms with E-state index < -0.39 is 0 Å². The van der Waals surface area contributed by atoms with E-state index in [1.165, 1.54) is 0 Å². The molecular weight excluding hydrogens is 378 g/mol. The molecule has 2 fully saturated rings. The van der Waals surface area contributed by atoms with Crippen molar-refractivity contribution < 1.29 is 4.79 Å². The molecule has 0 spiro atoms. The molecule has 8 nitrogen and oxygen atoms in total. The molecule has 2 aromatic rings. The van der Waals surface area contributed by atoms with E-state index in [9.17, 15) is 4.79 Å². The average Bonchev–Trinajstić information content (AvgIpc) is 3.40.